The summed E-state index contributed by atoms with van der Waals surface area (Å²) in [6.07, 6.45) is 4.34. The Balaban J connectivity index is 1.74. The fraction of sp³-hybridized carbons (Fsp3) is 0.267. The molecule has 0 heterocycles. The molecule has 1 amide bonds. The molecule has 0 spiro atoms. The lowest BCUT2D eigenvalue weighted by Gasteiger charge is -2.22. The van der Waals surface area contributed by atoms with E-state index in [1.165, 1.54) is 0 Å². The summed E-state index contributed by atoms with van der Waals surface area (Å²) >= 11 is 0. The highest BCUT2D eigenvalue weighted by molar-refractivity contribution is 7.86. The maximum atomic E-state index is 13.5. The maximum Gasteiger partial charge on any atom is 0.335 e. The van der Waals surface area contributed by atoms with Gasteiger partial charge in [0.25, 0.3) is 5.91 Å². The number of amides is 1. The van der Waals surface area contributed by atoms with Crippen LogP contribution >= 0.6 is 0 Å². The predicted octanol–water partition coefficient (Wildman–Crippen LogP) is 4.90. The molecule has 0 fully saturated rings. The molecule has 0 saturated carbocycles. The summed E-state index contributed by atoms with van der Waals surface area (Å²) in [5.41, 5.74) is 2.92. The number of carbonyl (C=O) groups excluding carboxylic acids is 2. The molecule has 1 unspecified atom stereocenters. The van der Waals surface area contributed by atoms with Crippen LogP contribution in [0.2, 0.25) is 0 Å². The van der Waals surface area contributed by atoms with Crippen molar-refractivity contribution in [2.75, 3.05) is 30.9 Å². The molecule has 0 bridgehead atoms. The first-order valence-corrected chi connectivity index (χ1v) is 14.4. The highest BCUT2D eigenvalue weighted by Crippen LogP contribution is 2.19. The van der Waals surface area contributed by atoms with Crippen molar-refractivity contribution in [2.24, 2.45) is 0 Å². The topological polar surface area (TPSA) is 99.2 Å². The molecule has 206 valence electrons. The van der Waals surface area contributed by atoms with Gasteiger partial charge in [-0.2, -0.15) is 8.42 Å². The molecule has 9 heteroatoms. The van der Waals surface area contributed by atoms with E-state index in [0.29, 0.717) is 25.1 Å². The molecule has 3 rings (SSSR count). The SMILES string of the molecule is CCOC(=O)C(Cc1ccc(C(=O)N(C/C=C/c2ccc(OS(C)(=O)=O)cc2)c2ccccc2)cc1)OCC. The van der Waals surface area contributed by atoms with Gasteiger partial charge in [-0.1, -0.05) is 54.6 Å². The third-order valence-corrected chi connectivity index (χ3v) is 6.07. The summed E-state index contributed by atoms with van der Waals surface area (Å²) in [6.45, 7) is 4.55. The van der Waals surface area contributed by atoms with Gasteiger partial charge in [-0.15, -0.1) is 0 Å². The highest BCUT2D eigenvalue weighted by atomic mass is 32.2. The van der Waals surface area contributed by atoms with Gasteiger partial charge in [-0.05, 0) is 61.4 Å². The second kappa shape index (κ2) is 14.3. The van der Waals surface area contributed by atoms with Gasteiger partial charge < -0.3 is 18.6 Å². The number of ether oxygens (including phenoxy) is 2. The van der Waals surface area contributed by atoms with Gasteiger partial charge in [0.15, 0.2) is 6.10 Å². The number of rotatable bonds is 13. The van der Waals surface area contributed by atoms with Crippen LogP contribution in [0.4, 0.5) is 5.69 Å². The van der Waals surface area contributed by atoms with Gasteiger partial charge in [0, 0.05) is 30.8 Å². The smallest absolute Gasteiger partial charge is 0.335 e. The van der Waals surface area contributed by atoms with Gasteiger partial charge in [0.2, 0.25) is 0 Å². The van der Waals surface area contributed by atoms with E-state index in [4.69, 9.17) is 13.7 Å². The Kier molecular flexibility index (Phi) is 10.8. The minimum atomic E-state index is -3.59. The van der Waals surface area contributed by atoms with E-state index in [1.807, 2.05) is 61.5 Å². The van der Waals surface area contributed by atoms with Crippen molar-refractivity contribution in [1.82, 2.24) is 0 Å². The third kappa shape index (κ3) is 9.38. The van der Waals surface area contributed by atoms with Crippen LogP contribution in [-0.4, -0.2) is 52.4 Å². The molecule has 0 saturated heterocycles. The quantitative estimate of drug-likeness (QED) is 0.220. The van der Waals surface area contributed by atoms with Crippen LogP contribution < -0.4 is 9.08 Å². The molecular formula is C30H33NO7S. The number of hydrogen-bond donors (Lipinski definition) is 0. The fourth-order valence-corrected chi connectivity index (χ4v) is 4.28. The van der Waals surface area contributed by atoms with Crippen molar-refractivity contribution in [1.29, 1.82) is 0 Å². The Bertz CT molecular complexity index is 1350. The fourth-order valence-electron chi connectivity index (χ4n) is 3.82. The van der Waals surface area contributed by atoms with Crippen molar-refractivity contribution in [2.45, 2.75) is 26.4 Å². The molecule has 0 aliphatic heterocycles. The van der Waals surface area contributed by atoms with E-state index < -0.39 is 22.2 Å². The van der Waals surface area contributed by atoms with Crippen molar-refractivity contribution in [3.8, 4) is 5.75 Å². The number of esters is 1. The van der Waals surface area contributed by atoms with E-state index in [2.05, 4.69) is 0 Å². The molecule has 39 heavy (non-hydrogen) atoms. The normalized spacial score (nSPS) is 12.2. The number of anilines is 1. The van der Waals surface area contributed by atoms with E-state index in [9.17, 15) is 18.0 Å². The molecule has 0 aliphatic carbocycles. The molecule has 0 aliphatic rings. The van der Waals surface area contributed by atoms with Crippen molar-refractivity contribution < 1.29 is 31.7 Å². The zero-order valence-electron chi connectivity index (χ0n) is 22.3. The van der Waals surface area contributed by atoms with Gasteiger partial charge >= 0.3 is 16.1 Å². The minimum Gasteiger partial charge on any atom is -0.464 e. The largest absolute Gasteiger partial charge is 0.464 e. The molecule has 0 N–H and O–H groups in total. The van der Waals surface area contributed by atoms with E-state index >= 15 is 0 Å². The zero-order valence-corrected chi connectivity index (χ0v) is 23.1. The molecule has 8 nitrogen and oxygen atoms in total. The summed E-state index contributed by atoms with van der Waals surface area (Å²) < 4.78 is 38.1. The van der Waals surface area contributed by atoms with E-state index in [0.717, 1.165) is 23.1 Å². The Morgan fingerprint density at radius 2 is 1.56 bits per heavy atom. The van der Waals surface area contributed by atoms with E-state index in [1.54, 1.807) is 48.2 Å². The first-order chi connectivity index (χ1) is 18.7. The van der Waals surface area contributed by atoms with Crippen LogP contribution in [-0.2, 0) is 30.8 Å². The average Bonchev–Trinajstić information content (AvgIpc) is 2.91. The van der Waals surface area contributed by atoms with Gasteiger partial charge in [-0.25, -0.2) is 4.79 Å². The lowest BCUT2D eigenvalue weighted by molar-refractivity contribution is -0.156. The Morgan fingerprint density at radius 3 is 2.15 bits per heavy atom. The molecule has 3 aromatic carbocycles. The summed E-state index contributed by atoms with van der Waals surface area (Å²) in [5.74, 6) is -0.353. The summed E-state index contributed by atoms with van der Waals surface area (Å²) in [6, 6.07) is 23.1. The van der Waals surface area contributed by atoms with Gasteiger partial charge in [-0.3, -0.25) is 4.79 Å². The van der Waals surface area contributed by atoms with Crippen LogP contribution in [0.1, 0.15) is 35.3 Å². The second-order valence-electron chi connectivity index (χ2n) is 8.61. The van der Waals surface area contributed by atoms with Gasteiger partial charge in [0.05, 0.1) is 12.9 Å². The van der Waals surface area contributed by atoms with Gasteiger partial charge in [0.1, 0.15) is 5.75 Å². The molecule has 0 aromatic heterocycles. The number of hydrogen-bond acceptors (Lipinski definition) is 7. The summed E-state index contributed by atoms with van der Waals surface area (Å²) in [5, 5.41) is 0. The standard InChI is InChI=1S/C30H33NO7S/c1-4-36-28(30(33)37-5-2)22-24-13-17-25(18-14-24)29(32)31(26-11-7-6-8-12-26)21-9-10-23-15-19-27(20-16-23)38-39(3,34)35/h6-20,28H,4-5,21-22H2,1-3H3/b10-9+. The Labute approximate surface area is 229 Å². The van der Waals surface area contributed by atoms with Crippen LogP contribution in [0.3, 0.4) is 0 Å². The third-order valence-electron chi connectivity index (χ3n) is 5.58. The van der Waals surface area contributed by atoms with Crippen molar-refractivity contribution >= 4 is 33.8 Å². The molecule has 3 aromatic rings. The average molecular weight is 552 g/mol. The number of para-hydroxylation sites is 1. The first kappa shape index (κ1) is 29.6. The van der Waals surface area contributed by atoms with Crippen LogP contribution in [0.15, 0.2) is 84.9 Å². The van der Waals surface area contributed by atoms with Crippen LogP contribution in [0, 0.1) is 0 Å². The lowest BCUT2D eigenvalue weighted by Crippen LogP contribution is -2.31. The maximum absolute atomic E-state index is 13.5. The zero-order chi connectivity index (χ0) is 28.3. The minimum absolute atomic E-state index is 0.180. The Hall–Kier alpha value is -3.95. The van der Waals surface area contributed by atoms with Crippen molar-refractivity contribution in [3.05, 3.63) is 102 Å². The second-order valence-corrected chi connectivity index (χ2v) is 10.2. The van der Waals surface area contributed by atoms with Crippen molar-refractivity contribution in [3.63, 3.8) is 0 Å². The summed E-state index contributed by atoms with van der Waals surface area (Å²) in [7, 11) is -3.59. The number of carbonyl (C=O) groups is 2. The van der Waals surface area contributed by atoms with Crippen LogP contribution in [0.5, 0.6) is 5.75 Å². The highest BCUT2D eigenvalue weighted by Gasteiger charge is 2.21. The number of nitrogens with zero attached hydrogens (tertiary/aromatic N) is 1. The monoisotopic (exact) mass is 551 g/mol. The van der Waals surface area contributed by atoms with E-state index in [-0.39, 0.29) is 18.3 Å². The summed E-state index contributed by atoms with van der Waals surface area (Å²) in [4.78, 5) is 27.4. The number of benzene rings is 3. The molecular weight excluding hydrogens is 518 g/mol. The molecule has 1 atom stereocenters. The lowest BCUT2D eigenvalue weighted by atomic mass is 10.0. The first-order valence-electron chi connectivity index (χ1n) is 12.6. The Morgan fingerprint density at radius 1 is 0.897 bits per heavy atom. The van der Waals surface area contributed by atoms with Crippen LogP contribution in [0.25, 0.3) is 6.08 Å². The molecule has 0 radical (unpaired) electrons. The predicted molar refractivity (Wildman–Crippen MR) is 151 cm³/mol.